The topological polar surface area (TPSA) is 91.5 Å². The van der Waals surface area contributed by atoms with Gasteiger partial charge >= 0.3 is 5.97 Å². The number of carbonyl (C=O) groups excluding carboxylic acids is 1. The predicted octanol–water partition coefficient (Wildman–Crippen LogP) is 3.15. The molecule has 0 spiro atoms. The van der Waals surface area contributed by atoms with Crippen LogP contribution in [0, 0.1) is 17.1 Å². The van der Waals surface area contributed by atoms with Gasteiger partial charge in [-0.1, -0.05) is 12.1 Å². The zero-order valence-electron chi connectivity index (χ0n) is 20.2. The predicted molar refractivity (Wildman–Crippen MR) is 130 cm³/mol. The second kappa shape index (κ2) is 9.84. The molecule has 0 saturated carbocycles. The highest BCUT2D eigenvalue weighted by Crippen LogP contribution is 2.31. The molecule has 182 valence electrons. The van der Waals surface area contributed by atoms with Gasteiger partial charge in [0, 0.05) is 38.8 Å². The van der Waals surface area contributed by atoms with Gasteiger partial charge in [-0.2, -0.15) is 5.26 Å². The first-order valence-electron chi connectivity index (χ1n) is 11.6. The Hall–Kier alpha value is -3.77. The standard InChI is InChI=1S/C26H28FN5O3/c1-16(2)35-26(34)25(18-5-7-19(27)8-6-18)31-11-12-32(17(3)15-31)22-13-23(33)30(4)21-10-9-20(14-28)29-24(21)22/h5-10,13,16-17,25H,11-12,15H2,1-4H3. The minimum atomic E-state index is -0.675. The average Bonchev–Trinajstić information content (AvgIpc) is 2.82. The van der Waals surface area contributed by atoms with Crippen LogP contribution < -0.4 is 10.5 Å². The number of halogens is 1. The van der Waals surface area contributed by atoms with Crippen LogP contribution in [0.3, 0.4) is 0 Å². The van der Waals surface area contributed by atoms with E-state index in [1.807, 2.05) is 11.8 Å². The average molecular weight is 478 g/mol. The highest BCUT2D eigenvalue weighted by atomic mass is 19.1. The van der Waals surface area contributed by atoms with Crippen LogP contribution in [0.15, 0.2) is 47.3 Å². The molecule has 2 atom stereocenters. The summed E-state index contributed by atoms with van der Waals surface area (Å²) in [5.41, 5.74) is 2.66. The Bertz CT molecular complexity index is 1350. The molecule has 1 saturated heterocycles. The van der Waals surface area contributed by atoms with Crippen LogP contribution in [0.5, 0.6) is 0 Å². The van der Waals surface area contributed by atoms with Gasteiger partial charge in [-0.3, -0.25) is 9.69 Å². The third-order valence-electron chi connectivity index (χ3n) is 6.28. The Morgan fingerprint density at radius 3 is 2.54 bits per heavy atom. The summed E-state index contributed by atoms with van der Waals surface area (Å²) in [6.45, 7) is 7.14. The normalized spacial score (nSPS) is 17.4. The van der Waals surface area contributed by atoms with E-state index >= 15 is 0 Å². The number of aryl methyl sites for hydroxylation is 1. The zero-order chi connectivity index (χ0) is 25.3. The molecule has 1 aliphatic rings. The molecule has 2 unspecified atom stereocenters. The summed E-state index contributed by atoms with van der Waals surface area (Å²) in [4.78, 5) is 34.3. The second-order valence-corrected chi connectivity index (χ2v) is 9.08. The van der Waals surface area contributed by atoms with Crippen molar-refractivity contribution in [2.45, 2.75) is 39.0 Å². The minimum Gasteiger partial charge on any atom is -0.462 e. The van der Waals surface area contributed by atoms with Gasteiger partial charge in [0.15, 0.2) is 0 Å². The summed E-state index contributed by atoms with van der Waals surface area (Å²) in [6.07, 6.45) is -0.281. The highest BCUT2D eigenvalue weighted by Gasteiger charge is 2.35. The molecule has 2 aromatic heterocycles. The summed E-state index contributed by atoms with van der Waals surface area (Å²) in [5, 5.41) is 9.34. The number of esters is 1. The highest BCUT2D eigenvalue weighted by molar-refractivity contribution is 5.89. The zero-order valence-corrected chi connectivity index (χ0v) is 20.2. The number of nitrogens with zero attached hydrogens (tertiary/aromatic N) is 5. The molecular weight excluding hydrogens is 449 g/mol. The van der Waals surface area contributed by atoms with Gasteiger partial charge in [-0.05, 0) is 50.6 Å². The van der Waals surface area contributed by atoms with Gasteiger partial charge in [-0.25, -0.2) is 14.2 Å². The first-order chi connectivity index (χ1) is 16.7. The van der Waals surface area contributed by atoms with Crippen molar-refractivity contribution in [2.75, 3.05) is 24.5 Å². The van der Waals surface area contributed by atoms with Crippen molar-refractivity contribution in [3.63, 3.8) is 0 Å². The summed E-state index contributed by atoms with van der Waals surface area (Å²) in [7, 11) is 1.68. The van der Waals surface area contributed by atoms with Gasteiger partial charge in [0.2, 0.25) is 0 Å². The lowest BCUT2D eigenvalue weighted by atomic mass is 10.0. The van der Waals surface area contributed by atoms with Crippen molar-refractivity contribution in [1.82, 2.24) is 14.5 Å². The van der Waals surface area contributed by atoms with E-state index in [9.17, 15) is 19.2 Å². The van der Waals surface area contributed by atoms with Crippen molar-refractivity contribution in [2.24, 2.45) is 7.05 Å². The molecule has 3 heterocycles. The molecular formula is C26H28FN5O3. The molecule has 0 radical (unpaired) electrons. The van der Waals surface area contributed by atoms with E-state index in [0.717, 1.165) is 0 Å². The summed E-state index contributed by atoms with van der Waals surface area (Å²) < 4.78 is 20.6. The molecule has 0 aliphatic carbocycles. The Labute approximate surface area is 203 Å². The second-order valence-electron chi connectivity index (χ2n) is 9.08. The van der Waals surface area contributed by atoms with Crippen LogP contribution in [-0.2, 0) is 16.6 Å². The molecule has 1 fully saturated rings. The fourth-order valence-corrected chi connectivity index (χ4v) is 4.61. The molecule has 0 amide bonds. The Balaban J connectivity index is 1.68. The molecule has 1 aromatic carbocycles. The summed E-state index contributed by atoms with van der Waals surface area (Å²) >= 11 is 0. The Kier molecular flexibility index (Phi) is 6.85. The van der Waals surface area contributed by atoms with Gasteiger partial charge < -0.3 is 14.2 Å². The first-order valence-corrected chi connectivity index (χ1v) is 11.6. The molecule has 0 N–H and O–H groups in total. The monoisotopic (exact) mass is 477 g/mol. The van der Waals surface area contributed by atoms with E-state index in [2.05, 4.69) is 16.0 Å². The molecule has 9 heteroatoms. The van der Waals surface area contributed by atoms with Gasteiger partial charge in [0.25, 0.3) is 5.56 Å². The number of hydrogen-bond donors (Lipinski definition) is 0. The number of fused-ring (bicyclic) bond motifs is 1. The number of carbonyl (C=O) groups is 1. The summed E-state index contributed by atoms with van der Waals surface area (Å²) in [5.74, 6) is -0.753. The van der Waals surface area contributed by atoms with E-state index in [-0.39, 0.29) is 35.2 Å². The van der Waals surface area contributed by atoms with Crippen LogP contribution in [0.4, 0.5) is 10.1 Å². The number of piperazine rings is 1. The van der Waals surface area contributed by atoms with Crippen molar-refractivity contribution < 1.29 is 13.9 Å². The third-order valence-corrected chi connectivity index (χ3v) is 6.28. The van der Waals surface area contributed by atoms with Crippen LogP contribution in [0.1, 0.15) is 38.1 Å². The fraction of sp³-hybridized carbons (Fsp3) is 0.385. The molecule has 4 rings (SSSR count). The number of hydrogen-bond acceptors (Lipinski definition) is 7. The number of anilines is 1. The van der Waals surface area contributed by atoms with E-state index in [4.69, 9.17) is 4.74 Å². The number of pyridine rings is 2. The molecule has 0 bridgehead atoms. The number of nitriles is 1. The largest absolute Gasteiger partial charge is 0.462 e. The molecule has 1 aliphatic heterocycles. The van der Waals surface area contributed by atoms with E-state index < -0.39 is 6.04 Å². The van der Waals surface area contributed by atoms with Crippen LogP contribution in [0.2, 0.25) is 0 Å². The van der Waals surface area contributed by atoms with Crippen molar-refractivity contribution in [1.29, 1.82) is 5.26 Å². The maximum atomic E-state index is 13.6. The van der Waals surface area contributed by atoms with Crippen LogP contribution in [-0.4, -0.2) is 52.2 Å². The fourth-order valence-electron chi connectivity index (χ4n) is 4.61. The maximum Gasteiger partial charge on any atom is 0.328 e. The van der Waals surface area contributed by atoms with Gasteiger partial charge in [-0.15, -0.1) is 0 Å². The number of ether oxygens (including phenoxy) is 1. The third kappa shape index (κ3) is 4.88. The quantitative estimate of drug-likeness (QED) is 0.522. The molecule has 3 aromatic rings. The van der Waals surface area contributed by atoms with Crippen molar-refractivity contribution in [3.05, 3.63) is 69.9 Å². The lowest BCUT2D eigenvalue weighted by molar-refractivity contribution is -0.154. The lowest BCUT2D eigenvalue weighted by Gasteiger charge is -2.43. The van der Waals surface area contributed by atoms with Crippen molar-refractivity contribution >= 4 is 22.7 Å². The molecule has 8 nitrogen and oxygen atoms in total. The van der Waals surface area contributed by atoms with E-state index in [1.165, 1.54) is 16.7 Å². The SMILES string of the molecule is CC(C)OC(=O)C(c1ccc(F)cc1)N1CCN(c2cc(=O)n(C)c3ccc(C#N)nc23)C(C)C1. The number of benzene rings is 1. The number of rotatable bonds is 5. The molecule has 35 heavy (non-hydrogen) atoms. The van der Waals surface area contributed by atoms with Gasteiger partial charge in [0.1, 0.15) is 29.1 Å². The summed E-state index contributed by atoms with van der Waals surface area (Å²) in [6, 6.07) is 12.1. The Morgan fingerprint density at radius 2 is 1.91 bits per heavy atom. The smallest absolute Gasteiger partial charge is 0.328 e. The number of aromatic nitrogens is 2. The van der Waals surface area contributed by atoms with Crippen LogP contribution in [0.25, 0.3) is 11.0 Å². The van der Waals surface area contributed by atoms with Gasteiger partial charge in [0.05, 0.1) is 17.3 Å². The van der Waals surface area contributed by atoms with E-state index in [0.29, 0.717) is 41.9 Å². The van der Waals surface area contributed by atoms with Crippen LogP contribution >= 0.6 is 0 Å². The maximum absolute atomic E-state index is 13.6. The van der Waals surface area contributed by atoms with E-state index in [1.54, 1.807) is 51.2 Å². The lowest BCUT2D eigenvalue weighted by Crippen LogP contribution is -2.54. The first kappa shape index (κ1) is 24.4. The Morgan fingerprint density at radius 1 is 1.20 bits per heavy atom. The van der Waals surface area contributed by atoms with Crippen molar-refractivity contribution in [3.8, 4) is 6.07 Å². The minimum absolute atomic E-state index is 0.0820.